The van der Waals surface area contributed by atoms with Crippen LogP contribution in [0.15, 0.2) is 24.3 Å². The Kier molecular flexibility index (Phi) is 6.32. The lowest BCUT2D eigenvalue weighted by molar-refractivity contribution is 0.153. The van der Waals surface area contributed by atoms with Gasteiger partial charge in [-0.2, -0.15) is 0 Å². The van der Waals surface area contributed by atoms with Crippen molar-refractivity contribution in [1.82, 2.24) is 15.1 Å². The Hall–Kier alpha value is -1.59. The molecule has 2 amide bonds. The molecule has 1 aromatic carbocycles. The minimum Gasteiger partial charge on any atom is -0.395 e. The highest BCUT2D eigenvalue weighted by atomic mass is 16.3. The maximum absolute atomic E-state index is 12.4. The van der Waals surface area contributed by atoms with E-state index in [0.29, 0.717) is 12.5 Å². The highest BCUT2D eigenvalue weighted by molar-refractivity contribution is 5.74. The molecule has 2 aliphatic heterocycles. The van der Waals surface area contributed by atoms with Crippen LogP contribution >= 0.6 is 0 Å². The van der Waals surface area contributed by atoms with Crippen molar-refractivity contribution in [1.29, 1.82) is 0 Å². The van der Waals surface area contributed by atoms with Gasteiger partial charge in [-0.3, -0.25) is 4.90 Å². The van der Waals surface area contributed by atoms with E-state index < -0.39 is 0 Å². The number of benzene rings is 1. The number of hydrogen-bond acceptors (Lipinski definition) is 3. The molecule has 0 saturated carbocycles. The molecule has 2 heterocycles. The molecule has 2 N–H and O–H groups in total. The van der Waals surface area contributed by atoms with Gasteiger partial charge in [-0.15, -0.1) is 0 Å². The first kappa shape index (κ1) is 18.2. The number of hydrogen-bond donors (Lipinski definition) is 2. The zero-order valence-electron chi connectivity index (χ0n) is 15.3. The summed E-state index contributed by atoms with van der Waals surface area (Å²) in [5, 5.41) is 12.6. The summed E-state index contributed by atoms with van der Waals surface area (Å²) >= 11 is 0. The summed E-state index contributed by atoms with van der Waals surface area (Å²) in [6.07, 6.45) is 4.54. The monoisotopic (exact) mass is 345 g/mol. The van der Waals surface area contributed by atoms with E-state index in [0.717, 1.165) is 45.4 Å². The van der Waals surface area contributed by atoms with Crippen molar-refractivity contribution >= 4 is 6.03 Å². The topological polar surface area (TPSA) is 55.8 Å². The Bertz CT molecular complexity index is 578. The van der Waals surface area contributed by atoms with Crippen molar-refractivity contribution in [3.63, 3.8) is 0 Å². The number of nitrogens with one attached hydrogen (secondary N) is 1. The van der Waals surface area contributed by atoms with Crippen molar-refractivity contribution in [3.8, 4) is 0 Å². The summed E-state index contributed by atoms with van der Waals surface area (Å²) in [5.41, 5.74) is 2.42. The minimum atomic E-state index is 0.0516. The molecule has 5 heteroatoms. The van der Waals surface area contributed by atoms with Crippen molar-refractivity contribution in [2.24, 2.45) is 5.92 Å². The molecule has 0 bridgehead atoms. The third-order valence-corrected chi connectivity index (χ3v) is 5.58. The first-order valence-corrected chi connectivity index (χ1v) is 9.62. The summed E-state index contributed by atoms with van der Waals surface area (Å²) < 4.78 is 0. The van der Waals surface area contributed by atoms with Crippen LogP contribution in [0.5, 0.6) is 0 Å². The molecule has 0 aromatic heterocycles. The molecule has 3 rings (SSSR count). The summed E-state index contributed by atoms with van der Waals surface area (Å²) in [5.74, 6) is 0.595. The van der Waals surface area contributed by atoms with Gasteiger partial charge in [-0.1, -0.05) is 31.2 Å². The fraction of sp³-hybridized carbons (Fsp3) is 0.650. The van der Waals surface area contributed by atoms with Crippen LogP contribution < -0.4 is 5.32 Å². The number of piperidine rings is 1. The van der Waals surface area contributed by atoms with E-state index in [1.807, 2.05) is 11.0 Å². The van der Waals surface area contributed by atoms with E-state index >= 15 is 0 Å². The second kappa shape index (κ2) is 8.68. The van der Waals surface area contributed by atoms with E-state index in [1.54, 1.807) is 0 Å². The standard InChI is InChI=1S/C20H31N3O2/c1-16-6-4-11-23(13-16)20(25)21-12-17-7-2-3-8-18(17)14-22-10-5-9-19(22)15-24/h2-3,7-8,16,19,24H,4-6,9-15H2,1H3,(H,21,25). The van der Waals surface area contributed by atoms with Gasteiger partial charge in [0, 0.05) is 32.2 Å². The van der Waals surface area contributed by atoms with Gasteiger partial charge in [0.2, 0.25) is 0 Å². The van der Waals surface area contributed by atoms with Crippen LogP contribution in [0.1, 0.15) is 43.7 Å². The zero-order valence-corrected chi connectivity index (χ0v) is 15.3. The number of rotatable bonds is 5. The Balaban J connectivity index is 1.58. The second-order valence-electron chi connectivity index (χ2n) is 7.57. The van der Waals surface area contributed by atoms with Crippen molar-refractivity contribution in [3.05, 3.63) is 35.4 Å². The van der Waals surface area contributed by atoms with Crippen LogP contribution in [-0.4, -0.2) is 53.2 Å². The molecule has 25 heavy (non-hydrogen) atoms. The van der Waals surface area contributed by atoms with Crippen LogP contribution in [0.25, 0.3) is 0 Å². The maximum Gasteiger partial charge on any atom is 0.317 e. The largest absolute Gasteiger partial charge is 0.395 e. The summed E-state index contributed by atoms with van der Waals surface area (Å²) in [6, 6.07) is 8.64. The fourth-order valence-electron chi connectivity index (χ4n) is 4.07. The summed E-state index contributed by atoms with van der Waals surface area (Å²) in [6.45, 7) is 6.62. The molecule has 138 valence electrons. The lowest BCUT2D eigenvalue weighted by Crippen LogP contribution is -2.44. The highest BCUT2D eigenvalue weighted by Crippen LogP contribution is 2.21. The lowest BCUT2D eigenvalue weighted by Gasteiger charge is -2.31. The zero-order chi connectivity index (χ0) is 17.6. The minimum absolute atomic E-state index is 0.0516. The molecular weight excluding hydrogens is 314 g/mol. The second-order valence-corrected chi connectivity index (χ2v) is 7.57. The van der Waals surface area contributed by atoms with Gasteiger partial charge in [0.05, 0.1) is 6.61 Å². The molecule has 2 saturated heterocycles. The first-order chi connectivity index (χ1) is 12.2. The van der Waals surface area contributed by atoms with Gasteiger partial charge in [-0.05, 0) is 49.3 Å². The smallest absolute Gasteiger partial charge is 0.317 e. The molecule has 0 radical (unpaired) electrons. The number of nitrogens with zero attached hydrogens (tertiary/aromatic N) is 2. The number of urea groups is 1. The molecule has 5 nitrogen and oxygen atoms in total. The number of amides is 2. The van der Waals surface area contributed by atoms with Crippen LogP contribution in [-0.2, 0) is 13.1 Å². The Morgan fingerprint density at radius 3 is 2.72 bits per heavy atom. The van der Waals surface area contributed by atoms with Crippen LogP contribution in [0.4, 0.5) is 4.79 Å². The highest BCUT2D eigenvalue weighted by Gasteiger charge is 2.24. The SMILES string of the molecule is CC1CCCN(C(=O)NCc2ccccc2CN2CCCC2CO)C1. The quantitative estimate of drug-likeness (QED) is 0.862. The molecule has 2 fully saturated rings. The van der Waals surface area contributed by atoms with E-state index in [2.05, 4.69) is 35.3 Å². The van der Waals surface area contributed by atoms with Crippen molar-refractivity contribution in [2.75, 3.05) is 26.2 Å². The Morgan fingerprint density at radius 1 is 1.20 bits per heavy atom. The average molecular weight is 345 g/mol. The van der Waals surface area contributed by atoms with Crippen molar-refractivity contribution < 1.29 is 9.90 Å². The number of carbonyl (C=O) groups excluding carboxylic acids is 1. The lowest BCUT2D eigenvalue weighted by atomic mass is 10.0. The van der Waals surface area contributed by atoms with Crippen LogP contribution in [0.2, 0.25) is 0 Å². The van der Waals surface area contributed by atoms with Crippen LogP contribution in [0, 0.1) is 5.92 Å². The molecule has 2 aliphatic rings. The Labute approximate surface area is 151 Å². The molecule has 2 unspecified atom stereocenters. The summed E-state index contributed by atoms with van der Waals surface area (Å²) in [7, 11) is 0. The van der Waals surface area contributed by atoms with Gasteiger partial charge in [0.25, 0.3) is 0 Å². The van der Waals surface area contributed by atoms with Crippen molar-refractivity contribution in [2.45, 2.75) is 51.7 Å². The fourth-order valence-corrected chi connectivity index (χ4v) is 4.07. The normalized spacial score (nSPS) is 24.5. The number of aliphatic hydroxyl groups excluding tert-OH is 1. The number of likely N-dealkylation sites (tertiary alicyclic amines) is 2. The molecule has 2 atom stereocenters. The average Bonchev–Trinajstić information content (AvgIpc) is 3.08. The van der Waals surface area contributed by atoms with Gasteiger partial charge >= 0.3 is 6.03 Å². The van der Waals surface area contributed by atoms with E-state index in [-0.39, 0.29) is 18.7 Å². The predicted octanol–water partition coefficient (Wildman–Crippen LogP) is 2.58. The molecule has 0 spiro atoms. The van der Waals surface area contributed by atoms with Crippen LogP contribution in [0.3, 0.4) is 0 Å². The molecule has 0 aliphatic carbocycles. The summed E-state index contributed by atoms with van der Waals surface area (Å²) in [4.78, 5) is 16.7. The van der Waals surface area contributed by atoms with Gasteiger partial charge in [0.1, 0.15) is 0 Å². The number of carbonyl (C=O) groups is 1. The third-order valence-electron chi connectivity index (χ3n) is 5.58. The third kappa shape index (κ3) is 4.73. The van der Waals surface area contributed by atoms with Gasteiger partial charge in [-0.25, -0.2) is 4.79 Å². The molecule has 1 aromatic rings. The maximum atomic E-state index is 12.4. The van der Waals surface area contributed by atoms with E-state index in [1.165, 1.54) is 17.5 Å². The Morgan fingerprint density at radius 2 is 1.96 bits per heavy atom. The van der Waals surface area contributed by atoms with E-state index in [4.69, 9.17) is 0 Å². The molecular formula is C20H31N3O2. The van der Waals surface area contributed by atoms with Gasteiger partial charge in [0.15, 0.2) is 0 Å². The first-order valence-electron chi connectivity index (χ1n) is 9.62. The van der Waals surface area contributed by atoms with E-state index in [9.17, 15) is 9.90 Å². The number of aliphatic hydroxyl groups is 1. The van der Waals surface area contributed by atoms with Gasteiger partial charge < -0.3 is 15.3 Å². The predicted molar refractivity (Wildman–Crippen MR) is 99.2 cm³/mol.